The second-order valence-corrected chi connectivity index (χ2v) is 5.84. The first-order chi connectivity index (χ1) is 9.74. The van der Waals surface area contributed by atoms with Gasteiger partial charge in [-0.3, -0.25) is 9.89 Å². The number of nitrogens with zero attached hydrogens (tertiary/aromatic N) is 2. The second-order valence-electron chi connectivity index (χ2n) is 5.84. The normalized spacial score (nSPS) is 21.1. The Balaban J connectivity index is 1.67. The fraction of sp³-hybridized carbons (Fsp3) is 0.375. The average molecular weight is 267 g/mol. The molecule has 0 saturated heterocycles. The molecular formula is C16H17N3O. The van der Waals surface area contributed by atoms with Crippen molar-refractivity contribution in [3.8, 4) is 0 Å². The number of carbonyl (C=O) groups excluding carboxylic acids is 1. The number of hydrogen-bond donors (Lipinski definition) is 1. The third-order valence-electron chi connectivity index (χ3n) is 4.26. The van der Waals surface area contributed by atoms with Gasteiger partial charge in [-0.25, -0.2) is 0 Å². The van der Waals surface area contributed by atoms with Gasteiger partial charge in [-0.2, -0.15) is 5.10 Å². The summed E-state index contributed by atoms with van der Waals surface area (Å²) in [5, 5.41) is 7.23. The topological polar surface area (TPSA) is 49.0 Å². The highest BCUT2D eigenvalue weighted by molar-refractivity contribution is 6.06. The van der Waals surface area contributed by atoms with Crippen molar-refractivity contribution in [1.82, 2.24) is 10.2 Å². The van der Waals surface area contributed by atoms with Crippen molar-refractivity contribution < 1.29 is 4.79 Å². The van der Waals surface area contributed by atoms with Crippen molar-refractivity contribution in [2.45, 2.75) is 38.1 Å². The van der Waals surface area contributed by atoms with Crippen LogP contribution in [0.2, 0.25) is 0 Å². The SMILES string of the molecule is CC1Cc2ccccc2N1C(=O)c1cc(C2CC2)[nH]n1. The van der Waals surface area contributed by atoms with E-state index in [0.29, 0.717) is 11.6 Å². The summed E-state index contributed by atoms with van der Waals surface area (Å²) in [5.74, 6) is 0.595. The maximum atomic E-state index is 12.7. The van der Waals surface area contributed by atoms with Crippen LogP contribution in [0.5, 0.6) is 0 Å². The van der Waals surface area contributed by atoms with Gasteiger partial charge in [0.05, 0.1) is 0 Å². The summed E-state index contributed by atoms with van der Waals surface area (Å²) in [6.07, 6.45) is 3.33. The Kier molecular flexibility index (Phi) is 2.46. The Labute approximate surface area is 117 Å². The Hall–Kier alpha value is -2.10. The molecule has 1 fully saturated rings. The maximum Gasteiger partial charge on any atom is 0.279 e. The van der Waals surface area contributed by atoms with Gasteiger partial charge in [-0.15, -0.1) is 0 Å². The van der Waals surface area contributed by atoms with Crippen molar-refractivity contribution in [2.75, 3.05) is 4.90 Å². The van der Waals surface area contributed by atoms with Crippen LogP contribution in [0.3, 0.4) is 0 Å². The Morgan fingerprint density at radius 1 is 1.35 bits per heavy atom. The molecule has 1 aromatic carbocycles. The highest BCUT2D eigenvalue weighted by Gasteiger charge is 2.33. The van der Waals surface area contributed by atoms with Crippen molar-refractivity contribution in [2.24, 2.45) is 0 Å². The van der Waals surface area contributed by atoms with E-state index in [1.54, 1.807) is 0 Å². The van der Waals surface area contributed by atoms with Crippen LogP contribution in [-0.2, 0) is 6.42 Å². The molecule has 1 N–H and O–H groups in total. The molecule has 2 aromatic rings. The van der Waals surface area contributed by atoms with Crippen molar-refractivity contribution in [3.05, 3.63) is 47.3 Å². The zero-order valence-corrected chi connectivity index (χ0v) is 11.5. The molecule has 1 saturated carbocycles. The molecule has 1 aliphatic carbocycles. The number of para-hydroxylation sites is 1. The van der Waals surface area contributed by atoms with Crippen molar-refractivity contribution in [3.63, 3.8) is 0 Å². The number of H-pyrrole nitrogens is 1. The molecule has 102 valence electrons. The fourth-order valence-electron chi connectivity index (χ4n) is 3.05. The van der Waals surface area contributed by atoms with Gasteiger partial charge in [0.15, 0.2) is 5.69 Å². The van der Waals surface area contributed by atoms with Crippen LogP contribution in [0.1, 0.15) is 47.4 Å². The summed E-state index contributed by atoms with van der Waals surface area (Å²) >= 11 is 0. The number of fused-ring (bicyclic) bond motifs is 1. The minimum Gasteiger partial charge on any atom is -0.304 e. The number of hydrogen-bond acceptors (Lipinski definition) is 2. The predicted octanol–water partition coefficient (Wildman–Crippen LogP) is 2.88. The molecule has 1 atom stereocenters. The van der Waals surface area contributed by atoms with Crippen LogP contribution in [0.4, 0.5) is 5.69 Å². The third kappa shape index (κ3) is 1.75. The molecule has 1 aromatic heterocycles. The van der Waals surface area contributed by atoms with Crippen LogP contribution in [0.25, 0.3) is 0 Å². The lowest BCUT2D eigenvalue weighted by Gasteiger charge is -2.21. The van der Waals surface area contributed by atoms with Gasteiger partial charge in [0.1, 0.15) is 0 Å². The van der Waals surface area contributed by atoms with Crippen molar-refractivity contribution in [1.29, 1.82) is 0 Å². The minimum atomic E-state index is 0.00519. The summed E-state index contributed by atoms with van der Waals surface area (Å²) in [5.41, 5.74) is 3.91. The monoisotopic (exact) mass is 267 g/mol. The van der Waals surface area contributed by atoms with E-state index in [1.165, 1.54) is 18.4 Å². The van der Waals surface area contributed by atoms with Gasteiger partial charge >= 0.3 is 0 Å². The number of benzene rings is 1. The molecule has 2 aliphatic rings. The van der Waals surface area contributed by atoms with Crippen LogP contribution in [-0.4, -0.2) is 22.1 Å². The Morgan fingerprint density at radius 3 is 2.95 bits per heavy atom. The number of anilines is 1. The lowest BCUT2D eigenvalue weighted by Crippen LogP contribution is -2.35. The van der Waals surface area contributed by atoms with Crippen LogP contribution < -0.4 is 4.90 Å². The summed E-state index contributed by atoms with van der Waals surface area (Å²) < 4.78 is 0. The molecule has 0 bridgehead atoms. The van der Waals surface area contributed by atoms with Gasteiger partial charge in [0.2, 0.25) is 0 Å². The number of aromatic amines is 1. The predicted molar refractivity (Wildman–Crippen MR) is 77.0 cm³/mol. The molecule has 4 heteroatoms. The lowest BCUT2D eigenvalue weighted by atomic mass is 10.1. The Morgan fingerprint density at radius 2 is 2.15 bits per heavy atom. The maximum absolute atomic E-state index is 12.7. The van der Waals surface area contributed by atoms with Gasteiger partial charge in [-0.1, -0.05) is 18.2 Å². The van der Waals surface area contributed by atoms with E-state index in [4.69, 9.17) is 0 Å². The van der Waals surface area contributed by atoms with Gasteiger partial charge in [0.25, 0.3) is 5.91 Å². The zero-order valence-electron chi connectivity index (χ0n) is 11.5. The van der Waals surface area contributed by atoms with Crippen LogP contribution in [0.15, 0.2) is 30.3 Å². The number of rotatable bonds is 2. The molecule has 1 aliphatic heterocycles. The number of aromatic nitrogens is 2. The first-order valence-corrected chi connectivity index (χ1v) is 7.21. The van der Waals surface area contributed by atoms with E-state index in [1.807, 2.05) is 29.2 Å². The van der Waals surface area contributed by atoms with E-state index in [2.05, 4.69) is 23.2 Å². The zero-order chi connectivity index (χ0) is 13.7. The van der Waals surface area contributed by atoms with E-state index in [9.17, 15) is 4.79 Å². The number of amides is 1. The van der Waals surface area contributed by atoms with Crippen LogP contribution in [0, 0.1) is 0 Å². The molecule has 4 nitrogen and oxygen atoms in total. The molecular weight excluding hydrogens is 250 g/mol. The second kappa shape index (κ2) is 4.20. The summed E-state index contributed by atoms with van der Waals surface area (Å²) in [4.78, 5) is 14.6. The van der Waals surface area contributed by atoms with E-state index in [-0.39, 0.29) is 11.9 Å². The van der Waals surface area contributed by atoms with Crippen LogP contribution >= 0.6 is 0 Å². The standard InChI is InChI=1S/C16H17N3O/c1-10-8-12-4-2-3-5-15(12)19(10)16(20)14-9-13(17-18-14)11-6-7-11/h2-5,9-11H,6-8H2,1H3,(H,17,18). The summed E-state index contributed by atoms with van der Waals surface area (Å²) in [7, 11) is 0. The quantitative estimate of drug-likeness (QED) is 0.909. The largest absolute Gasteiger partial charge is 0.304 e. The Bertz CT molecular complexity index is 672. The molecule has 0 spiro atoms. The molecule has 1 amide bonds. The van der Waals surface area contributed by atoms with Gasteiger partial charge in [-0.05, 0) is 43.9 Å². The van der Waals surface area contributed by atoms with Gasteiger partial charge in [0, 0.05) is 23.3 Å². The van der Waals surface area contributed by atoms with Crippen molar-refractivity contribution >= 4 is 11.6 Å². The third-order valence-corrected chi connectivity index (χ3v) is 4.26. The first-order valence-electron chi connectivity index (χ1n) is 7.21. The molecule has 20 heavy (non-hydrogen) atoms. The highest BCUT2D eigenvalue weighted by atomic mass is 16.2. The molecule has 0 radical (unpaired) electrons. The number of carbonyl (C=O) groups is 1. The number of nitrogens with one attached hydrogen (secondary N) is 1. The smallest absolute Gasteiger partial charge is 0.279 e. The lowest BCUT2D eigenvalue weighted by molar-refractivity contribution is 0.0976. The van der Waals surface area contributed by atoms with E-state index in [0.717, 1.165) is 17.8 Å². The fourth-order valence-corrected chi connectivity index (χ4v) is 3.05. The molecule has 2 heterocycles. The van der Waals surface area contributed by atoms with E-state index < -0.39 is 0 Å². The summed E-state index contributed by atoms with van der Waals surface area (Å²) in [6, 6.07) is 10.2. The first kappa shape index (κ1) is 11.7. The molecule has 1 unspecified atom stereocenters. The average Bonchev–Trinajstić information content (AvgIpc) is 3.08. The van der Waals surface area contributed by atoms with Gasteiger partial charge < -0.3 is 4.90 Å². The van der Waals surface area contributed by atoms with E-state index >= 15 is 0 Å². The molecule has 4 rings (SSSR count). The summed E-state index contributed by atoms with van der Waals surface area (Å²) in [6.45, 7) is 2.09. The highest BCUT2D eigenvalue weighted by Crippen LogP contribution is 2.39. The minimum absolute atomic E-state index is 0.00519.